The van der Waals surface area contributed by atoms with E-state index in [0.717, 1.165) is 0 Å². The van der Waals surface area contributed by atoms with Crippen LogP contribution in [0.25, 0.3) is 11.0 Å². The molecule has 0 bridgehead atoms. The summed E-state index contributed by atoms with van der Waals surface area (Å²) in [5.41, 5.74) is 1.06. The number of rotatable bonds is 5. The first kappa shape index (κ1) is 18.4. The van der Waals surface area contributed by atoms with Crippen LogP contribution in [0.15, 0.2) is 45.7 Å². The number of furan rings is 1. The van der Waals surface area contributed by atoms with Gasteiger partial charge in [0.2, 0.25) is 10.0 Å². The number of sulfonamides is 1. The molecule has 0 aliphatic heterocycles. The summed E-state index contributed by atoms with van der Waals surface area (Å²) in [5, 5.41) is 5.72. The minimum absolute atomic E-state index is 0.0431. The van der Waals surface area contributed by atoms with Gasteiger partial charge in [0.15, 0.2) is 5.78 Å². The quantitative estimate of drug-likeness (QED) is 0.668. The highest BCUT2D eigenvalue weighted by Crippen LogP contribution is 2.32. The number of primary sulfonamides is 1. The van der Waals surface area contributed by atoms with Crippen LogP contribution < -0.4 is 9.88 Å². The van der Waals surface area contributed by atoms with E-state index in [-0.39, 0.29) is 21.3 Å². The van der Waals surface area contributed by atoms with Crippen LogP contribution >= 0.6 is 11.6 Å². The number of benzene rings is 2. The largest absolute Gasteiger partial charge is 0.497 e. The second-order valence-electron chi connectivity index (χ2n) is 5.64. The number of nitrogens with two attached hydrogens (primary N) is 1. The van der Waals surface area contributed by atoms with Crippen molar-refractivity contribution in [2.24, 2.45) is 5.14 Å². The summed E-state index contributed by atoms with van der Waals surface area (Å²) in [6.07, 6.45) is 0.494. The highest BCUT2D eigenvalue weighted by Gasteiger charge is 2.23. The van der Waals surface area contributed by atoms with Crippen molar-refractivity contribution in [3.05, 3.63) is 58.3 Å². The number of methoxy groups -OCH3 is 1. The number of hydrogen-bond acceptors (Lipinski definition) is 5. The Labute approximate surface area is 155 Å². The van der Waals surface area contributed by atoms with Gasteiger partial charge in [-0.2, -0.15) is 0 Å². The van der Waals surface area contributed by atoms with Gasteiger partial charge in [0.05, 0.1) is 17.7 Å². The number of ketones is 1. The van der Waals surface area contributed by atoms with E-state index in [4.69, 9.17) is 25.9 Å². The molecule has 3 aromatic rings. The van der Waals surface area contributed by atoms with Crippen molar-refractivity contribution in [1.29, 1.82) is 0 Å². The second-order valence-corrected chi connectivity index (χ2v) is 7.57. The number of aryl methyl sites for hydroxylation is 1. The highest BCUT2D eigenvalue weighted by molar-refractivity contribution is 7.89. The molecule has 0 aliphatic carbocycles. The predicted molar refractivity (Wildman–Crippen MR) is 98.4 cm³/mol. The van der Waals surface area contributed by atoms with Crippen molar-refractivity contribution in [1.82, 2.24) is 0 Å². The molecule has 0 spiro atoms. The van der Waals surface area contributed by atoms with E-state index in [1.54, 1.807) is 18.2 Å². The molecule has 6 nitrogen and oxygen atoms in total. The third-order valence-corrected chi connectivity index (χ3v) is 5.41. The van der Waals surface area contributed by atoms with Crippen LogP contribution in [0.5, 0.6) is 5.75 Å². The lowest BCUT2D eigenvalue weighted by Gasteiger charge is -2.06. The van der Waals surface area contributed by atoms with Crippen molar-refractivity contribution >= 4 is 38.4 Å². The van der Waals surface area contributed by atoms with Crippen LogP contribution in [-0.2, 0) is 16.4 Å². The molecule has 2 N–H and O–H groups in total. The summed E-state index contributed by atoms with van der Waals surface area (Å²) < 4.78 is 34.3. The van der Waals surface area contributed by atoms with Crippen LogP contribution in [0.1, 0.15) is 28.6 Å². The molecule has 0 fully saturated rings. The van der Waals surface area contributed by atoms with E-state index in [2.05, 4.69) is 0 Å². The predicted octanol–water partition coefficient (Wildman–Crippen LogP) is 3.54. The standard InChI is InChI=1S/C18H16ClNO5S/c1-3-14-17(12-9-11(24-2)5-7-15(12)25-14)18(21)10-4-6-13(19)16(8-10)26(20,22)23/h4-9H,3H2,1-2H3,(H2,20,22,23). The summed E-state index contributed by atoms with van der Waals surface area (Å²) in [6, 6.07) is 9.14. The van der Waals surface area contributed by atoms with Gasteiger partial charge in [0.25, 0.3) is 0 Å². The van der Waals surface area contributed by atoms with E-state index >= 15 is 0 Å². The number of carbonyl (C=O) groups excluding carboxylic acids is 1. The molecule has 1 aromatic heterocycles. The lowest BCUT2D eigenvalue weighted by molar-refractivity contribution is 0.103. The van der Waals surface area contributed by atoms with Gasteiger partial charge in [-0.05, 0) is 36.4 Å². The lowest BCUT2D eigenvalue weighted by Crippen LogP contribution is -2.14. The maximum Gasteiger partial charge on any atom is 0.239 e. The number of ether oxygens (including phenoxy) is 1. The number of carbonyl (C=O) groups is 1. The zero-order valence-corrected chi connectivity index (χ0v) is 15.6. The van der Waals surface area contributed by atoms with Gasteiger partial charge in [0.1, 0.15) is 22.0 Å². The highest BCUT2D eigenvalue weighted by atomic mass is 35.5. The molecule has 0 radical (unpaired) electrons. The summed E-state index contributed by atoms with van der Waals surface area (Å²) >= 11 is 5.90. The first-order chi connectivity index (χ1) is 12.3. The van der Waals surface area contributed by atoms with Crippen LogP contribution in [0.3, 0.4) is 0 Å². The van der Waals surface area contributed by atoms with Crippen molar-refractivity contribution in [2.75, 3.05) is 7.11 Å². The van der Waals surface area contributed by atoms with E-state index in [1.807, 2.05) is 6.92 Å². The van der Waals surface area contributed by atoms with E-state index in [1.165, 1.54) is 25.3 Å². The molecule has 0 amide bonds. The normalized spacial score (nSPS) is 11.7. The Morgan fingerprint density at radius 2 is 1.96 bits per heavy atom. The minimum Gasteiger partial charge on any atom is -0.497 e. The molecule has 3 rings (SSSR count). The fraction of sp³-hybridized carbons (Fsp3) is 0.167. The Bertz CT molecular complexity index is 1120. The molecule has 0 saturated heterocycles. The van der Waals surface area contributed by atoms with Gasteiger partial charge in [-0.25, -0.2) is 13.6 Å². The summed E-state index contributed by atoms with van der Waals surface area (Å²) in [4.78, 5) is 12.8. The number of fused-ring (bicyclic) bond motifs is 1. The number of hydrogen-bond donors (Lipinski definition) is 1. The summed E-state index contributed by atoms with van der Waals surface area (Å²) in [6.45, 7) is 1.86. The van der Waals surface area contributed by atoms with Crippen molar-refractivity contribution in [3.63, 3.8) is 0 Å². The van der Waals surface area contributed by atoms with Crippen molar-refractivity contribution < 1.29 is 22.4 Å². The van der Waals surface area contributed by atoms with Crippen molar-refractivity contribution in [3.8, 4) is 5.75 Å². The topological polar surface area (TPSA) is 99.6 Å². The maximum atomic E-state index is 13.1. The number of halogens is 1. The maximum absolute atomic E-state index is 13.1. The second kappa shape index (κ2) is 6.75. The van der Waals surface area contributed by atoms with Gasteiger partial charge in [-0.3, -0.25) is 4.79 Å². The molecular formula is C18H16ClNO5S. The van der Waals surface area contributed by atoms with E-state index in [0.29, 0.717) is 34.5 Å². The van der Waals surface area contributed by atoms with Crippen LogP contribution in [0, 0.1) is 0 Å². The van der Waals surface area contributed by atoms with E-state index in [9.17, 15) is 13.2 Å². The van der Waals surface area contributed by atoms with Crippen molar-refractivity contribution in [2.45, 2.75) is 18.2 Å². The molecular weight excluding hydrogens is 378 g/mol. The fourth-order valence-corrected chi connectivity index (χ4v) is 3.83. The molecule has 0 unspecified atom stereocenters. The fourth-order valence-electron chi connectivity index (χ4n) is 2.76. The lowest BCUT2D eigenvalue weighted by atomic mass is 9.99. The van der Waals surface area contributed by atoms with Crippen LogP contribution in [0.4, 0.5) is 0 Å². The molecule has 8 heteroatoms. The smallest absolute Gasteiger partial charge is 0.239 e. The zero-order chi connectivity index (χ0) is 19.1. The van der Waals surface area contributed by atoms with Gasteiger partial charge in [-0.15, -0.1) is 0 Å². The zero-order valence-electron chi connectivity index (χ0n) is 14.1. The third-order valence-electron chi connectivity index (χ3n) is 4.02. The SMILES string of the molecule is CCc1oc2ccc(OC)cc2c1C(=O)c1ccc(Cl)c(S(N)(=O)=O)c1. The van der Waals surface area contributed by atoms with Crippen LogP contribution in [0.2, 0.25) is 5.02 Å². The molecule has 2 aromatic carbocycles. The Morgan fingerprint density at radius 3 is 2.58 bits per heavy atom. The molecule has 0 saturated carbocycles. The van der Waals surface area contributed by atoms with Gasteiger partial charge in [0, 0.05) is 17.4 Å². The Kier molecular flexibility index (Phi) is 4.79. The van der Waals surface area contributed by atoms with Gasteiger partial charge < -0.3 is 9.15 Å². The average Bonchev–Trinajstić information content (AvgIpc) is 2.98. The summed E-state index contributed by atoms with van der Waals surface area (Å²) in [5.74, 6) is 0.706. The van der Waals surface area contributed by atoms with Gasteiger partial charge >= 0.3 is 0 Å². The average molecular weight is 394 g/mol. The molecule has 136 valence electrons. The first-order valence-electron chi connectivity index (χ1n) is 7.72. The Balaban J connectivity index is 2.22. The molecule has 0 aliphatic rings. The summed E-state index contributed by atoms with van der Waals surface area (Å²) in [7, 11) is -2.53. The third kappa shape index (κ3) is 3.21. The van der Waals surface area contributed by atoms with Crippen LogP contribution in [-0.4, -0.2) is 21.3 Å². The molecule has 26 heavy (non-hydrogen) atoms. The monoisotopic (exact) mass is 393 g/mol. The first-order valence-corrected chi connectivity index (χ1v) is 9.65. The molecule has 1 heterocycles. The molecule has 0 atom stereocenters. The van der Waals surface area contributed by atoms with Gasteiger partial charge in [-0.1, -0.05) is 18.5 Å². The van der Waals surface area contributed by atoms with E-state index < -0.39 is 10.0 Å². The Morgan fingerprint density at radius 1 is 1.23 bits per heavy atom. The Hall–Kier alpha value is -2.35. The minimum atomic E-state index is -4.05.